The molecule has 2 rings (SSSR count). The van der Waals surface area contributed by atoms with Crippen LogP contribution in [0.2, 0.25) is 0 Å². The lowest BCUT2D eigenvalue weighted by Crippen LogP contribution is -2.29. The first kappa shape index (κ1) is 13.7. The van der Waals surface area contributed by atoms with Crippen molar-refractivity contribution in [2.24, 2.45) is 0 Å². The Labute approximate surface area is 114 Å². The average Bonchev–Trinajstić information content (AvgIpc) is 2.92. The maximum absolute atomic E-state index is 5.34. The van der Waals surface area contributed by atoms with Crippen molar-refractivity contribution in [3.8, 4) is 5.75 Å². The Hall–Kier alpha value is -1.74. The fourth-order valence-corrected chi connectivity index (χ4v) is 2.06. The van der Waals surface area contributed by atoms with Crippen molar-refractivity contribution in [2.75, 3.05) is 13.7 Å². The maximum Gasteiger partial charge on any atom is 0.118 e. The van der Waals surface area contributed by atoms with Crippen molar-refractivity contribution in [2.45, 2.75) is 25.8 Å². The van der Waals surface area contributed by atoms with Gasteiger partial charge < -0.3 is 14.5 Å². The summed E-state index contributed by atoms with van der Waals surface area (Å²) in [6, 6.07) is 12.6. The second-order valence-electron chi connectivity index (χ2n) is 4.74. The van der Waals surface area contributed by atoms with Gasteiger partial charge in [-0.25, -0.2) is 0 Å². The molecule has 0 radical (unpaired) electrons. The molecule has 3 nitrogen and oxygen atoms in total. The standard InChI is InChI=1S/C16H21NO2/c1-13(12-16-4-3-11-19-16)17-10-9-14-5-7-15(18-2)8-6-14/h3-8,11,13,17H,9-10,12H2,1-2H3. The maximum atomic E-state index is 5.34. The zero-order chi connectivity index (χ0) is 13.5. The van der Waals surface area contributed by atoms with Gasteiger partial charge in [0.25, 0.3) is 0 Å². The van der Waals surface area contributed by atoms with E-state index in [-0.39, 0.29) is 0 Å². The Kier molecular flexibility index (Phi) is 5.04. The van der Waals surface area contributed by atoms with Gasteiger partial charge in [-0.15, -0.1) is 0 Å². The predicted octanol–water partition coefficient (Wildman–Crippen LogP) is 3.05. The van der Waals surface area contributed by atoms with Crippen LogP contribution in [0.1, 0.15) is 18.2 Å². The second kappa shape index (κ2) is 7.00. The molecule has 2 aromatic rings. The molecule has 0 saturated carbocycles. The Balaban J connectivity index is 1.70. The molecule has 0 spiro atoms. The summed E-state index contributed by atoms with van der Waals surface area (Å²) in [5.74, 6) is 1.94. The van der Waals surface area contributed by atoms with Crippen LogP contribution >= 0.6 is 0 Å². The molecule has 1 unspecified atom stereocenters. The predicted molar refractivity (Wildman–Crippen MR) is 76.6 cm³/mol. The van der Waals surface area contributed by atoms with E-state index < -0.39 is 0 Å². The van der Waals surface area contributed by atoms with Crippen LogP contribution in [-0.2, 0) is 12.8 Å². The molecule has 0 aliphatic carbocycles. The van der Waals surface area contributed by atoms with Gasteiger partial charge in [0.15, 0.2) is 0 Å². The molecule has 0 amide bonds. The average molecular weight is 259 g/mol. The van der Waals surface area contributed by atoms with E-state index in [2.05, 4.69) is 24.4 Å². The number of hydrogen-bond acceptors (Lipinski definition) is 3. The first-order valence-electron chi connectivity index (χ1n) is 6.66. The third-order valence-electron chi connectivity index (χ3n) is 3.15. The Morgan fingerprint density at radius 2 is 2.00 bits per heavy atom. The lowest BCUT2D eigenvalue weighted by atomic mass is 10.1. The van der Waals surface area contributed by atoms with Crippen molar-refractivity contribution < 1.29 is 9.15 Å². The van der Waals surface area contributed by atoms with Gasteiger partial charge in [0.2, 0.25) is 0 Å². The van der Waals surface area contributed by atoms with E-state index in [1.165, 1.54) is 5.56 Å². The largest absolute Gasteiger partial charge is 0.497 e. The molecular formula is C16H21NO2. The second-order valence-corrected chi connectivity index (χ2v) is 4.74. The summed E-state index contributed by atoms with van der Waals surface area (Å²) >= 11 is 0. The van der Waals surface area contributed by atoms with E-state index in [1.807, 2.05) is 24.3 Å². The first-order chi connectivity index (χ1) is 9.28. The van der Waals surface area contributed by atoms with Gasteiger partial charge >= 0.3 is 0 Å². The normalized spacial score (nSPS) is 12.3. The molecule has 0 saturated heterocycles. The number of nitrogens with one attached hydrogen (secondary N) is 1. The summed E-state index contributed by atoms with van der Waals surface area (Å²) in [4.78, 5) is 0. The van der Waals surface area contributed by atoms with Crippen molar-refractivity contribution in [1.82, 2.24) is 5.32 Å². The van der Waals surface area contributed by atoms with Crippen LogP contribution in [0.25, 0.3) is 0 Å². The zero-order valence-electron chi connectivity index (χ0n) is 11.6. The van der Waals surface area contributed by atoms with Crippen LogP contribution in [0.15, 0.2) is 47.1 Å². The van der Waals surface area contributed by atoms with Crippen molar-refractivity contribution in [3.05, 3.63) is 54.0 Å². The lowest BCUT2D eigenvalue weighted by molar-refractivity contribution is 0.414. The molecule has 1 aromatic carbocycles. The Bertz CT molecular complexity index is 462. The van der Waals surface area contributed by atoms with Gasteiger partial charge in [-0.05, 0) is 49.7 Å². The summed E-state index contributed by atoms with van der Waals surface area (Å²) < 4.78 is 10.5. The van der Waals surface area contributed by atoms with Gasteiger partial charge in [0, 0.05) is 12.5 Å². The highest BCUT2D eigenvalue weighted by atomic mass is 16.5. The lowest BCUT2D eigenvalue weighted by Gasteiger charge is -2.12. The number of ether oxygens (including phenoxy) is 1. The molecule has 0 fully saturated rings. The fourth-order valence-electron chi connectivity index (χ4n) is 2.06. The van der Waals surface area contributed by atoms with Crippen LogP contribution in [0, 0.1) is 0 Å². The van der Waals surface area contributed by atoms with Crippen LogP contribution in [-0.4, -0.2) is 19.7 Å². The highest BCUT2D eigenvalue weighted by molar-refractivity contribution is 5.27. The van der Waals surface area contributed by atoms with Gasteiger partial charge in [0.1, 0.15) is 11.5 Å². The molecule has 0 aliphatic heterocycles. The Morgan fingerprint density at radius 1 is 1.21 bits per heavy atom. The van der Waals surface area contributed by atoms with E-state index in [0.717, 1.165) is 30.9 Å². The van der Waals surface area contributed by atoms with Crippen LogP contribution in [0.4, 0.5) is 0 Å². The van der Waals surface area contributed by atoms with E-state index in [1.54, 1.807) is 13.4 Å². The summed E-state index contributed by atoms with van der Waals surface area (Å²) in [6.45, 7) is 3.14. The summed E-state index contributed by atoms with van der Waals surface area (Å²) in [6.07, 6.45) is 3.67. The molecule has 3 heteroatoms. The van der Waals surface area contributed by atoms with E-state index >= 15 is 0 Å². The highest BCUT2D eigenvalue weighted by Crippen LogP contribution is 2.11. The molecule has 1 heterocycles. The molecule has 0 aliphatic rings. The SMILES string of the molecule is COc1ccc(CCNC(C)Cc2ccco2)cc1. The smallest absolute Gasteiger partial charge is 0.118 e. The summed E-state index contributed by atoms with van der Waals surface area (Å²) in [7, 11) is 1.69. The minimum absolute atomic E-state index is 0.421. The third-order valence-corrected chi connectivity index (χ3v) is 3.15. The quantitative estimate of drug-likeness (QED) is 0.830. The number of furan rings is 1. The van der Waals surface area contributed by atoms with Crippen LogP contribution in [0.3, 0.4) is 0 Å². The minimum atomic E-state index is 0.421. The molecule has 19 heavy (non-hydrogen) atoms. The molecule has 0 bridgehead atoms. The molecule has 1 N–H and O–H groups in total. The molecule has 1 atom stereocenters. The van der Waals surface area contributed by atoms with E-state index in [0.29, 0.717) is 6.04 Å². The fraction of sp³-hybridized carbons (Fsp3) is 0.375. The van der Waals surface area contributed by atoms with E-state index in [9.17, 15) is 0 Å². The van der Waals surface area contributed by atoms with Gasteiger partial charge in [-0.3, -0.25) is 0 Å². The van der Waals surface area contributed by atoms with Crippen LogP contribution in [0.5, 0.6) is 5.75 Å². The first-order valence-corrected chi connectivity index (χ1v) is 6.66. The summed E-state index contributed by atoms with van der Waals surface area (Å²) in [5.41, 5.74) is 1.32. The monoisotopic (exact) mass is 259 g/mol. The van der Waals surface area contributed by atoms with Crippen LogP contribution < -0.4 is 10.1 Å². The topological polar surface area (TPSA) is 34.4 Å². The third kappa shape index (κ3) is 4.45. The number of rotatable bonds is 7. The van der Waals surface area contributed by atoms with Gasteiger partial charge in [-0.1, -0.05) is 12.1 Å². The molecule has 1 aromatic heterocycles. The summed E-state index contributed by atoms with van der Waals surface area (Å²) in [5, 5.41) is 3.51. The van der Waals surface area contributed by atoms with Crippen molar-refractivity contribution >= 4 is 0 Å². The van der Waals surface area contributed by atoms with Crippen molar-refractivity contribution in [3.63, 3.8) is 0 Å². The molecule has 102 valence electrons. The minimum Gasteiger partial charge on any atom is -0.497 e. The van der Waals surface area contributed by atoms with Gasteiger partial charge in [0.05, 0.1) is 13.4 Å². The van der Waals surface area contributed by atoms with E-state index in [4.69, 9.17) is 9.15 Å². The number of benzene rings is 1. The molecular weight excluding hydrogens is 238 g/mol. The number of hydrogen-bond donors (Lipinski definition) is 1. The number of methoxy groups -OCH3 is 1. The Morgan fingerprint density at radius 3 is 2.63 bits per heavy atom. The highest BCUT2D eigenvalue weighted by Gasteiger charge is 2.04. The van der Waals surface area contributed by atoms with Crippen molar-refractivity contribution in [1.29, 1.82) is 0 Å². The zero-order valence-corrected chi connectivity index (χ0v) is 11.6. The van der Waals surface area contributed by atoms with Gasteiger partial charge in [-0.2, -0.15) is 0 Å².